The third kappa shape index (κ3) is 2.78. The van der Waals surface area contributed by atoms with Gasteiger partial charge in [0.25, 0.3) is 0 Å². The second-order valence-electron chi connectivity index (χ2n) is 3.62. The minimum atomic E-state index is -0.500. The lowest BCUT2D eigenvalue weighted by Crippen LogP contribution is -2.33. The van der Waals surface area contributed by atoms with Crippen LogP contribution in [-0.2, 0) is 23.9 Å². The van der Waals surface area contributed by atoms with Crippen molar-refractivity contribution in [3.63, 3.8) is 0 Å². The summed E-state index contributed by atoms with van der Waals surface area (Å²) in [6.07, 6.45) is 0.672. The second kappa shape index (κ2) is 4.91. The molecule has 0 heterocycles. The van der Waals surface area contributed by atoms with Crippen LogP contribution in [0.1, 0.15) is 19.3 Å². The molecule has 84 valence electrons. The van der Waals surface area contributed by atoms with Gasteiger partial charge in [0.2, 0.25) is 0 Å². The summed E-state index contributed by atoms with van der Waals surface area (Å²) >= 11 is 0. The van der Waals surface area contributed by atoms with Crippen LogP contribution in [0.2, 0.25) is 0 Å². The van der Waals surface area contributed by atoms with E-state index in [1.165, 1.54) is 14.2 Å². The maximum absolute atomic E-state index is 11.3. The Morgan fingerprint density at radius 2 is 1.47 bits per heavy atom. The van der Waals surface area contributed by atoms with Gasteiger partial charge in [-0.3, -0.25) is 14.4 Å². The first kappa shape index (κ1) is 11.7. The zero-order valence-electron chi connectivity index (χ0n) is 8.82. The largest absolute Gasteiger partial charge is 0.469 e. The first-order valence-electron chi connectivity index (χ1n) is 4.75. The van der Waals surface area contributed by atoms with Gasteiger partial charge in [0, 0.05) is 12.8 Å². The molecule has 0 N–H and O–H groups in total. The average molecular weight is 214 g/mol. The Labute approximate surface area is 87.7 Å². The van der Waals surface area contributed by atoms with Gasteiger partial charge in [0.15, 0.2) is 0 Å². The van der Waals surface area contributed by atoms with Gasteiger partial charge in [0.1, 0.15) is 5.78 Å². The number of esters is 2. The molecule has 0 amide bonds. The van der Waals surface area contributed by atoms with E-state index in [4.69, 9.17) is 0 Å². The zero-order chi connectivity index (χ0) is 11.4. The van der Waals surface area contributed by atoms with Gasteiger partial charge in [-0.2, -0.15) is 0 Å². The molecule has 0 aromatic heterocycles. The molecule has 0 saturated heterocycles. The Kier molecular flexibility index (Phi) is 3.82. The van der Waals surface area contributed by atoms with Crippen LogP contribution in [0.25, 0.3) is 0 Å². The third-order valence-corrected chi connectivity index (χ3v) is 2.59. The molecule has 1 saturated carbocycles. The van der Waals surface area contributed by atoms with E-state index in [2.05, 4.69) is 9.47 Å². The average Bonchev–Trinajstić information content (AvgIpc) is 2.26. The molecule has 0 spiro atoms. The van der Waals surface area contributed by atoms with Crippen LogP contribution in [0.15, 0.2) is 0 Å². The molecule has 1 aliphatic carbocycles. The lowest BCUT2D eigenvalue weighted by atomic mass is 9.80. The van der Waals surface area contributed by atoms with Crippen LogP contribution in [-0.4, -0.2) is 31.9 Å². The van der Waals surface area contributed by atoms with Gasteiger partial charge >= 0.3 is 11.9 Å². The van der Waals surface area contributed by atoms with E-state index in [0.717, 1.165) is 0 Å². The van der Waals surface area contributed by atoms with Crippen molar-refractivity contribution in [1.29, 1.82) is 0 Å². The Morgan fingerprint density at radius 1 is 1.07 bits per heavy atom. The fourth-order valence-electron chi connectivity index (χ4n) is 1.84. The van der Waals surface area contributed by atoms with Gasteiger partial charge < -0.3 is 9.47 Å². The van der Waals surface area contributed by atoms with E-state index in [0.29, 0.717) is 6.42 Å². The molecular weight excluding hydrogens is 200 g/mol. The molecule has 1 fully saturated rings. The summed E-state index contributed by atoms with van der Waals surface area (Å²) in [5.41, 5.74) is 0. The number of carbonyl (C=O) groups is 3. The van der Waals surface area contributed by atoms with Crippen molar-refractivity contribution >= 4 is 17.7 Å². The highest BCUT2D eigenvalue weighted by Crippen LogP contribution is 2.28. The highest BCUT2D eigenvalue weighted by molar-refractivity contribution is 5.90. The predicted octanol–water partition coefficient (Wildman–Crippen LogP) is 0.318. The summed E-state index contributed by atoms with van der Waals surface area (Å²) in [7, 11) is 2.54. The minimum Gasteiger partial charge on any atom is -0.469 e. The van der Waals surface area contributed by atoms with Crippen molar-refractivity contribution in [3.8, 4) is 0 Å². The van der Waals surface area contributed by atoms with E-state index in [9.17, 15) is 14.4 Å². The van der Waals surface area contributed by atoms with Gasteiger partial charge in [-0.05, 0) is 6.42 Å². The molecule has 0 aliphatic heterocycles. The van der Waals surface area contributed by atoms with E-state index in [1.807, 2.05) is 0 Å². The third-order valence-electron chi connectivity index (χ3n) is 2.59. The van der Waals surface area contributed by atoms with Gasteiger partial charge in [-0.15, -0.1) is 0 Å². The number of carbonyl (C=O) groups excluding carboxylic acids is 3. The molecule has 1 rings (SSSR count). The lowest BCUT2D eigenvalue weighted by Gasteiger charge is -2.24. The summed E-state index contributed by atoms with van der Waals surface area (Å²) in [6, 6.07) is 0. The van der Waals surface area contributed by atoms with E-state index in [1.54, 1.807) is 0 Å². The molecule has 1 aliphatic rings. The first-order valence-corrected chi connectivity index (χ1v) is 4.75. The Hall–Kier alpha value is -1.39. The maximum Gasteiger partial charge on any atom is 0.309 e. The normalized spacial score (nSPS) is 25.9. The first-order chi connectivity index (χ1) is 7.08. The highest BCUT2D eigenvalue weighted by Gasteiger charge is 2.36. The highest BCUT2D eigenvalue weighted by atomic mass is 16.5. The Balaban J connectivity index is 2.67. The zero-order valence-corrected chi connectivity index (χ0v) is 8.82. The molecule has 5 heteroatoms. The monoisotopic (exact) mass is 214 g/mol. The van der Waals surface area contributed by atoms with Crippen molar-refractivity contribution in [2.45, 2.75) is 19.3 Å². The van der Waals surface area contributed by atoms with E-state index in [-0.39, 0.29) is 18.6 Å². The number of Topliss-reactive ketones (excluding diaryl/α,β-unsaturated/α-hetero) is 1. The van der Waals surface area contributed by atoms with Gasteiger partial charge in [-0.1, -0.05) is 0 Å². The van der Waals surface area contributed by atoms with Crippen LogP contribution in [0.5, 0.6) is 0 Å². The lowest BCUT2D eigenvalue weighted by molar-refractivity contribution is -0.155. The predicted molar refractivity (Wildman–Crippen MR) is 49.9 cm³/mol. The summed E-state index contributed by atoms with van der Waals surface area (Å²) < 4.78 is 9.11. The fourth-order valence-corrected chi connectivity index (χ4v) is 1.84. The quantitative estimate of drug-likeness (QED) is 0.619. The molecule has 15 heavy (non-hydrogen) atoms. The molecule has 2 atom stereocenters. The Bertz CT molecular complexity index is 258. The molecule has 0 radical (unpaired) electrons. The summed E-state index contributed by atoms with van der Waals surface area (Å²) in [5.74, 6) is -1.96. The van der Waals surface area contributed by atoms with Gasteiger partial charge in [0.05, 0.1) is 26.1 Å². The van der Waals surface area contributed by atoms with Crippen molar-refractivity contribution in [2.75, 3.05) is 14.2 Å². The summed E-state index contributed by atoms with van der Waals surface area (Å²) in [5, 5.41) is 0. The number of ketones is 1. The van der Waals surface area contributed by atoms with Crippen molar-refractivity contribution in [3.05, 3.63) is 0 Å². The smallest absolute Gasteiger partial charge is 0.309 e. The number of hydrogen-bond donors (Lipinski definition) is 0. The Morgan fingerprint density at radius 3 is 1.80 bits per heavy atom. The molecule has 0 aromatic rings. The van der Waals surface area contributed by atoms with Crippen LogP contribution in [0.3, 0.4) is 0 Å². The molecule has 0 bridgehead atoms. The minimum absolute atomic E-state index is 0.0907. The van der Waals surface area contributed by atoms with Crippen molar-refractivity contribution in [2.24, 2.45) is 11.8 Å². The SMILES string of the molecule is COC(=O)[C@@H]1CC(=O)C[C@@H](C(=O)OC)C1. The fraction of sp³-hybridized carbons (Fsp3) is 0.700. The number of hydrogen-bond acceptors (Lipinski definition) is 5. The standard InChI is InChI=1S/C10H14O5/c1-14-9(12)6-3-7(10(13)15-2)5-8(11)4-6/h6-7H,3-5H2,1-2H3/t6-,7-/m0/s1. The molecule has 0 unspecified atom stereocenters. The summed E-state index contributed by atoms with van der Waals surface area (Å²) in [6.45, 7) is 0. The molecule has 0 aromatic carbocycles. The molecule has 5 nitrogen and oxygen atoms in total. The number of methoxy groups -OCH3 is 2. The topological polar surface area (TPSA) is 69.7 Å². The van der Waals surface area contributed by atoms with Crippen molar-refractivity contribution in [1.82, 2.24) is 0 Å². The maximum atomic E-state index is 11.3. The van der Waals surface area contributed by atoms with Crippen LogP contribution in [0.4, 0.5) is 0 Å². The van der Waals surface area contributed by atoms with Crippen LogP contribution < -0.4 is 0 Å². The number of ether oxygens (including phenoxy) is 2. The van der Waals surface area contributed by atoms with Gasteiger partial charge in [-0.25, -0.2) is 0 Å². The van der Waals surface area contributed by atoms with Crippen LogP contribution >= 0.6 is 0 Å². The van der Waals surface area contributed by atoms with E-state index < -0.39 is 23.8 Å². The summed E-state index contributed by atoms with van der Waals surface area (Å²) in [4.78, 5) is 33.8. The van der Waals surface area contributed by atoms with Crippen LogP contribution in [0, 0.1) is 11.8 Å². The van der Waals surface area contributed by atoms with E-state index >= 15 is 0 Å². The molecular formula is C10H14O5. The second-order valence-corrected chi connectivity index (χ2v) is 3.62. The van der Waals surface area contributed by atoms with Crippen molar-refractivity contribution < 1.29 is 23.9 Å². The number of rotatable bonds is 2.